The number of anilines is 1. The van der Waals surface area contributed by atoms with Gasteiger partial charge in [0.1, 0.15) is 5.75 Å². The van der Waals surface area contributed by atoms with E-state index in [1.54, 1.807) is 30.3 Å². The number of nitrogens with one attached hydrogen (secondary N) is 2. The van der Waals surface area contributed by atoms with Crippen LogP contribution in [0.3, 0.4) is 0 Å². The summed E-state index contributed by atoms with van der Waals surface area (Å²) in [5.41, 5.74) is 0.969. The summed E-state index contributed by atoms with van der Waals surface area (Å²) in [5, 5.41) is 5.68. The number of likely N-dealkylation sites (N-methyl/N-ethyl adjacent to an activating group) is 1. The molecule has 3 rings (SSSR count). The molecule has 1 aliphatic heterocycles. The summed E-state index contributed by atoms with van der Waals surface area (Å²) in [6.45, 7) is 4.96. The zero-order valence-corrected chi connectivity index (χ0v) is 20.5. The number of nitrogens with zero attached hydrogens (tertiary/aromatic N) is 2. The van der Waals surface area contributed by atoms with Gasteiger partial charge in [-0.2, -0.15) is 4.31 Å². The van der Waals surface area contributed by atoms with Gasteiger partial charge in [0.2, 0.25) is 10.0 Å². The monoisotopic (exact) mass is 490 g/mol. The van der Waals surface area contributed by atoms with Crippen LogP contribution in [0.4, 0.5) is 5.69 Å². The predicted octanol–water partition coefficient (Wildman–Crippen LogP) is 2.93. The highest BCUT2D eigenvalue weighted by Gasteiger charge is 2.27. The van der Waals surface area contributed by atoms with Gasteiger partial charge < -0.3 is 15.0 Å². The van der Waals surface area contributed by atoms with Crippen LogP contribution in [0.1, 0.15) is 30.1 Å². The van der Waals surface area contributed by atoms with Gasteiger partial charge in [0.15, 0.2) is 5.11 Å². The van der Waals surface area contributed by atoms with E-state index < -0.39 is 10.0 Å². The molecule has 1 amide bonds. The fraction of sp³-hybridized carbons (Fsp3) is 0.391. The molecule has 2 aromatic carbocycles. The predicted molar refractivity (Wildman–Crippen MR) is 133 cm³/mol. The number of thiocarbonyl (C=S) groups is 1. The molecule has 0 saturated carbocycles. The van der Waals surface area contributed by atoms with Crippen molar-refractivity contribution in [2.75, 3.05) is 45.2 Å². The molecule has 1 saturated heterocycles. The summed E-state index contributed by atoms with van der Waals surface area (Å²) < 4.78 is 32.9. The Balaban J connectivity index is 1.59. The van der Waals surface area contributed by atoms with Gasteiger partial charge in [-0.05, 0) is 62.1 Å². The summed E-state index contributed by atoms with van der Waals surface area (Å²) in [4.78, 5) is 15.0. The third kappa shape index (κ3) is 6.73. The average Bonchev–Trinajstić information content (AvgIpc) is 2.80. The first kappa shape index (κ1) is 25.1. The third-order valence-corrected chi connectivity index (χ3v) is 7.44. The SMILES string of the molecule is CCCCOc1ccccc1C(=O)NC(=S)Nc1ccc(S(=O)(=O)N2CCN(C)CC2)cc1. The number of piperazine rings is 1. The lowest BCUT2D eigenvalue weighted by Crippen LogP contribution is -2.46. The molecule has 1 fully saturated rings. The van der Waals surface area contributed by atoms with Crippen molar-refractivity contribution in [1.82, 2.24) is 14.5 Å². The minimum Gasteiger partial charge on any atom is -0.493 e. The van der Waals surface area contributed by atoms with E-state index >= 15 is 0 Å². The van der Waals surface area contributed by atoms with Crippen molar-refractivity contribution in [2.45, 2.75) is 24.7 Å². The van der Waals surface area contributed by atoms with Gasteiger partial charge in [0.25, 0.3) is 5.91 Å². The Kier molecular flexibility index (Phi) is 8.79. The minimum absolute atomic E-state index is 0.109. The Morgan fingerprint density at radius 1 is 1.06 bits per heavy atom. The number of carbonyl (C=O) groups is 1. The van der Waals surface area contributed by atoms with Gasteiger partial charge in [-0.15, -0.1) is 0 Å². The number of carbonyl (C=O) groups excluding carboxylic acids is 1. The van der Waals surface area contributed by atoms with E-state index in [0.29, 0.717) is 49.8 Å². The van der Waals surface area contributed by atoms with Crippen LogP contribution >= 0.6 is 12.2 Å². The van der Waals surface area contributed by atoms with Gasteiger partial charge in [0.05, 0.1) is 17.1 Å². The second-order valence-electron chi connectivity index (χ2n) is 7.84. The summed E-state index contributed by atoms with van der Waals surface area (Å²) in [6, 6.07) is 13.3. The maximum atomic E-state index is 12.8. The van der Waals surface area contributed by atoms with Crippen LogP contribution in [0.25, 0.3) is 0 Å². The average molecular weight is 491 g/mol. The highest BCUT2D eigenvalue weighted by atomic mass is 32.2. The maximum Gasteiger partial charge on any atom is 0.261 e. The van der Waals surface area contributed by atoms with Crippen LogP contribution in [0.15, 0.2) is 53.4 Å². The molecule has 8 nitrogen and oxygen atoms in total. The van der Waals surface area contributed by atoms with Crippen molar-refractivity contribution in [3.05, 3.63) is 54.1 Å². The number of hydrogen-bond acceptors (Lipinski definition) is 6. The quantitative estimate of drug-likeness (QED) is 0.434. The molecule has 0 bridgehead atoms. The molecule has 0 radical (unpaired) electrons. The summed E-state index contributed by atoms with van der Waals surface area (Å²) in [6.07, 6.45) is 1.90. The Bertz CT molecular complexity index is 1070. The number of sulfonamides is 1. The molecule has 10 heteroatoms. The number of amides is 1. The molecule has 0 atom stereocenters. The van der Waals surface area contributed by atoms with E-state index in [1.165, 1.54) is 16.4 Å². The molecule has 0 aromatic heterocycles. The molecule has 33 heavy (non-hydrogen) atoms. The van der Waals surface area contributed by atoms with Gasteiger partial charge in [-0.3, -0.25) is 10.1 Å². The molecule has 2 aromatic rings. The number of hydrogen-bond donors (Lipinski definition) is 2. The van der Waals surface area contributed by atoms with E-state index in [2.05, 4.69) is 22.5 Å². The molecule has 0 aliphatic carbocycles. The van der Waals surface area contributed by atoms with E-state index in [0.717, 1.165) is 12.8 Å². The van der Waals surface area contributed by atoms with E-state index in [9.17, 15) is 13.2 Å². The van der Waals surface area contributed by atoms with Crippen molar-refractivity contribution in [2.24, 2.45) is 0 Å². The number of rotatable bonds is 8. The highest BCUT2D eigenvalue weighted by Crippen LogP contribution is 2.20. The van der Waals surface area contributed by atoms with Crippen LogP contribution in [-0.2, 0) is 10.0 Å². The first-order chi connectivity index (χ1) is 15.8. The second-order valence-corrected chi connectivity index (χ2v) is 10.2. The van der Waals surface area contributed by atoms with Crippen molar-refractivity contribution in [3.8, 4) is 5.75 Å². The Morgan fingerprint density at radius 3 is 2.39 bits per heavy atom. The van der Waals surface area contributed by atoms with Crippen LogP contribution in [0.5, 0.6) is 5.75 Å². The number of para-hydroxylation sites is 1. The summed E-state index contributed by atoms with van der Waals surface area (Å²) in [5.74, 6) is 0.124. The van der Waals surface area contributed by atoms with Crippen LogP contribution in [0, 0.1) is 0 Å². The highest BCUT2D eigenvalue weighted by molar-refractivity contribution is 7.89. The molecular formula is C23H30N4O4S2. The second kappa shape index (κ2) is 11.6. The van der Waals surface area contributed by atoms with E-state index in [1.807, 2.05) is 13.1 Å². The number of unbranched alkanes of at least 4 members (excludes halogenated alkanes) is 1. The first-order valence-corrected chi connectivity index (χ1v) is 12.8. The van der Waals surface area contributed by atoms with Crippen LogP contribution in [0.2, 0.25) is 0 Å². The Morgan fingerprint density at radius 2 is 1.73 bits per heavy atom. The molecule has 2 N–H and O–H groups in total. The lowest BCUT2D eigenvalue weighted by molar-refractivity contribution is 0.0973. The molecule has 178 valence electrons. The maximum absolute atomic E-state index is 12.8. The fourth-order valence-corrected chi connectivity index (χ4v) is 4.96. The number of ether oxygens (including phenoxy) is 1. The largest absolute Gasteiger partial charge is 0.493 e. The normalized spacial score (nSPS) is 15.1. The van der Waals surface area contributed by atoms with Crippen molar-refractivity contribution in [3.63, 3.8) is 0 Å². The third-order valence-electron chi connectivity index (χ3n) is 5.33. The standard InChI is InChI=1S/C23H30N4O4S2/c1-3-4-17-31-21-8-6-5-7-20(21)22(28)25-23(32)24-18-9-11-19(12-10-18)33(29,30)27-15-13-26(2)14-16-27/h5-12H,3-4,13-17H2,1-2H3,(H2,24,25,28,32). The molecular weight excluding hydrogens is 460 g/mol. The molecule has 0 spiro atoms. The number of benzene rings is 2. The van der Waals surface area contributed by atoms with Crippen LogP contribution < -0.4 is 15.4 Å². The topological polar surface area (TPSA) is 91.0 Å². The van der Waals surface area contributed by atoms with Gasteiger partial charge in [-0.25, -0.2) is 8.42 Å². The van der Waals surface area contributed by atoms with Crippen molar-refractivity contribution < 1.29 is 17.9 Å². The molecule has 1 aliphatic rings. The molecule has 0 unspecified atom stereocenters. The summed E-state index contributed by atoms with van der Waals surface area (Å²) in [7, 11) is -1.56. The lowest BCUT2D eigenvalue weighted by Gasteiger charge is -2.31. The first-order valence-electron chi connectivity index (χ1n) is 10.9. The minimum atomic E-state index is -3.54. The van der Waals surface area contributed by atoms with E-state index in [4.69, 9.17) is 17.0 Å². The van der Waals surface area contributed by atoms with Crippen LogP contribution in [-0.4, -0.2) is 68.5 Å². The van der Waals surface area contributed by atoms with Crippen molar-refractivity contribution >= 4 is 38.9 Å². The van der Waals surface area contributed by atoms with Gasteiger partial charge in [-0.1, -0.05) is 25.5 Å². The smallest absolute Gasteiger partial charge is 0.261 e. The Hall–Kier alpha value is -2.53. The van der Waals surface area contributed by atoms with E-state index in [-0.39, 0.29) is 15.9 Å². The zero-order valence-electron chi connectivity index (χ0n) is 18.9. The summed E-state index contributed by atoms with van der Waals surface area (Å²) >= 11 is 5.27. The van der Waals surface area contributed by atoms with Gasteiger partial charge >= 0.3 is 0 Å². The molecule has 1 heterocycles. The fourth-order valence-electron chi connectivity index (χ4n) is 3.33. The lowest BCUT2D eigenvalue weighted by atomic mass is 10.2. The van der Waals surface area contributed by atoms with Gasteiger partial charge in [0, 0.05) is 31.9 Å². The van der Waals surface area contributed by atoms with Crippen molar-refractivity contribution in [1.29, 1.82) is 0 Å². The Labute approximate surface area is 201 Å². The zero-order chi connectivity index (χ0) is 23.8.